The summed E-state index contributed by atoms with van der Waals surface area (Å²) in [6.45, 7) is 2.20. The molecule has 0 aliphatic heterocycles. The Bertz CT molecular complexity index is 911. The third-order valence-corrected chi connectivity index (χ3v) is 3.95. The molecule has 2 aromatic heterocycles. The second-order valence-corrected chi connectivity index (χ2v) is 6.30. The number of aromatic nitrogens is 3. The maximum Gasteiger partial charge on any atom is 0.224 e. The van der Waals surface area contributed by atoms with E-state index < -0.39 is 0 Å². The van der Waals surface area contributed by atoms with Crippen LogP contribution in [0.3, 0.4) is 0 Å². The Labute approximate surface area is 154 Å². The van der Waals surface area contributed by atoms with Gasteiger partial charge in [-0.25, -0.2) is 9.50 Å². The summed E-state index contributed by atoms with van der Waals surface area (Å²) < 4.78 is 7.20. The molecule has 1 amide bonds. The molecule has 3 aromatic rings. The molecule has 0 radical (unpaired) electrons. The zero-order valence-electron chi connectivity index (χ0n) is 13.5. The first-order chi connectivity index (χ1) is 12.0. The number of amides is 1. The minimum Gasteiger partial charge on any atom is -0.492 e. The highest BCUT2D eigenvalue weighted by atomic mass is 35.5. The molecule has 0 fully saturated rings. The smallest absolute Gasteiger partial charge is 0.224 e. The van der Waals surface area contributed by atoms with Crippen molar-refractivity contribution in [1.82, 2.24) is 14.6 Å². The SMILES string of the molecule is Cc1nc2ccc(NC(=O)CCCOc3ccc(Cl)cc3Cl)cn2n1. The lowest BCUT2D eigenvalue weighted by Gasteiger charge is -2.08. The van der Waals surface area contributed by atoms with E-state index in [0.717, 1.165) is 5.65 Å². The molecule has 0 aliphatic rings. The molecular weight excluding hydrogens is 363 g/mol. The van der Waals surface area contributed by atoms with Crippen LogP contribution in [-0.2, 0) is 4.79 Å². The van der Waals surface area contributed by atoms with Gasteiger partial charge in [0, 0.05) is 11.4 Å². The second-order valence-electron chi connectivity index (χ2n) is 5.45. The molecule has 25 heavy (non-hydrogen) atoms. The Morgan fingerprint density at radius 2 is 2.12 bits per heavy atom. The maximum atomic E-state index is 12.0. The standard InChI is InChI=1S/C17H16Cl2N4O2/c1-11-20-16-7-5-13(10-23(16)22-11)21-17(24)3-2-8-25-15-6-4-12(18)9-14(15)19/h4-7,9-10H,2-3,8H2,1H3,(H,21,24). The number of aryl methyl sites for hydroxylation is 1. The minimum atomic E-state index is -0.0954. The zero-order chi connectivity index (χ0) is 17.8. The van der Waals surface area contributed by atoms with Crippen LogP contribution in [0.5, 0.6) is 5.75 Å². The van der Waals surface area contributed by atoms with Crippen LogP contribution in [0.4, 0.5) is 5.69 Å². The molecule has 6 nitrogen and oxygen atoms in total. The Hall–Kier alpha value is -2.31. The summed E-state index contributed by atoms with van der Waals surface area (Å²) in [7, 11) is 0. The van der Waals surface area contributed by atoms with Gasteiger partial charge in [0.1, 0.15) is 11.6 Å². The highest BCUT2D eigenvalue weighted by Gasteiger charge is 2.06. The quantitative estimate of drug-likeness (QED) is 0.654. The van der Waals surface area contributed by atoms with E-state index in [1.165, 1.54) is 0 Å². The fourth-order valence-corrected chi connectivity index (χ4v) is 2.76. The molecule has 0 atom stereocenters. The third-order valence-electron chi connectivity index (χ3n) is 3.42. The Kier molecular flexibility index (Phi) is 5.40. The van der Waals surface area contributed by atoms with Crippen molar-refractivity contribution in [3.63, 3.8) is 0 Å². The first kappa shape index (κ1) is 17.5. The molecule has 0 saturated carbocycles. The number of nitrogens with one attached hydrogen (secondary N) is 1. The largest absolute Gasteiger partial charge is 0.492 e. The summed E-state index contributed by atoms with van der Waals surface area (Å²) in [6, 6.07) is 8.64. The van der Waals surface area contributed by atoms with Crippen LogP contribution in [0.15, 0.2) is 36.5 Å². The average Bonchev–Trinajstić information content (AvgIpc) is 2.92. The molecule has 0 saturated heterocycles. The van der Waals surface area contributed by atoms with Crippen molar-refractivity contribution in [1.29, 1.82) is 0 Å². The number of pyridine rings is 1. The van der Waals surface area contributed by atoms with Crippen molar-refractivity contribution in [3.8, 4) is 5.75 Å². The van der Waals surface area contributed by atoms with E-state index in [-0.39, 0.29) is 5.91 Å². The number of ether oxygens (including phenoxy) is 1. The number of hydrogen-bond donors (Lipinski definition) is 1. The number of benzene rings is 1. The maximum absolute atomic E-state index is 12.0. The van der Waals surface area contributed by atoms with E-state index >= 15 is 0 Å². The molecule has 130 valence electrons. The van der Waals surface area contributed by atoms with Gasteiger partial charge in [0.15, 0.2) is 5.65 Å². The van der Waals surface area contributed by atoms with E-state index in [4.69, 9.17) is 27.9 Å². The van der Waals surface area contributed by atoms with Gasteiger partial charge in [0.05, 0.1) is 23.5 Å². The number of anilines is 1. The molecule has 3 rings (SSSR count). The summed E-state index contributed by atoms with van der Waals surface area (Å²) >= 11 is 11.9. The number of halogens is 2. The molecule has 0 aliphatic carbocycles. The van der Waals surface area contributed by atoms with Crippen LogP contribution in [-0.4, -0.2) is 27.1 Å². The molecular formula is C17H16Cl2N4O2. The van der Waals surface area contributed by atoms with Crippen LogP contribution in [0.1, 0.15) is 18.7 Å². The van der Waals surface area contributed by atoms with E-state index in [1.807, 2.05) is 6.92 Å². The summed E-state index contributed by atoms with van der Waals surface area (Å²) in [4.78, 5) is 16.3. The minimum absolute atomic E-state index is 0.0954. The molecule has 0 bridgehead atoms. The van der Waals surface area contributed by atoms with Crippen LogP contribution in [0.2, 0.25) is 10.0 Å². The van der Waals surface area contributed by atoms with Gasteiger partial charge < -0.3 is 10.1 Å². The number of carbonyl (C=O) groups is 1. The topological polar surface area (TPSA) is 68.5 Å². The lowest BCUT2D eigenvalue weighted by atomic mass is 10.3. The van der Waals surface area contributed by atoms with Crippen molar-refractivity contribution in [2.75, 3.05) is 11.9 Å². The first-order valence-corrected chi connectivity index (χ1v) is 8.47. The Balaban J connectivity index is 1.47. The van der Waals surface area contributed by atoms with Crippen molar-refractivity contribution in [2.45, 2.75) is 19.8 Å². The van der Waals surface area contributed by atoms with E-state index in [9.17, 15) is 4.79 Å². The van der Waals surface area contributed by atoms with Gasteiger partial charge in [0.25, 0.3) is 0 Å². The summed E-state index contributed by atoms with van der Waals surface area (Å²) in [5, 5.41) is 8.06. The van der Waals surface area contributed by atoms with Crippen LogP contribution >= 0.6 is 23.2 Å². The van der Waals surface area contributed by atoms with Gasteiger partial charge in [-0.05, 0) is 43.7 Å². The van der Waals surface area contributed by atoms with Gasteiger partial charge >= 0.3 is 0 Å². The van der Waals surface area contributed by atoms with Gasteiger partial charge in [0.2, 0.25) is 5.91 Å². The lowest BCUT2D eigenvalue weighted by Crippen LogP contribution is -2.13. The van der Waals surface area contributed by atoms with Gasteiger partial charge in [-0.2, -0.15) is 5.10 Å². The normalized spacial score (nSPS) is 10.8. The lowest BCUT2D eigenvalue weighted by molar-refractivity contribution is -0.116. The molecule has 8 heteroatoms. The van der Waals surface area contributed by atoms with Crippen LogP contribution in [0, 0.1) is 6.92 Å². The van der Waals surface area contributed by atoms with Crippen molar-refractivity contribution in [3.05, 3.63) is 52.4 Å². The number of carbonyl (C=O) groups excluding carboxylic acids is 1. The van der Waals surface area contributed by atoms with Gasteiger partial charge in [-0.1, -0.05) is 23.2 Å². The van der Waals surface area contributed by atoms with Gasteiger partial charge in [-0.15, -0.1) is 0 Å². The third kappa shape index (κ3) is 4.61. The Morgan fingerprint density at radius 1 is 1.28 bits per heavy atom. The molecule has 0 unspecified atom stereocenters. The average molecular weight is 379 g/mol. The zero-order valence-corrected chi connectivity index (χ0v) is 15.0. The summed E-state index contributed by atoms with van der Waals surface area (Å²) in [6.07, 6.45) is 2.63. The number of rotatable bonds is 6. The van der Waals surface area contributed by atoms with Crippen LogP contribution < -0.4 is 10.1 Å². The van der Waals surface area contributed by atoms with Crippen molar-refractivity contribution in [2.24, 2.45) is 0 Å². The fraction of sp³-hybridized carbons (Fsp3) is 0.235. The monoisotopic (exact) mass is 378 g/mol. The van der Waals surface area contributed by atoms with E-state index in [2.05, 4.69) is 15.4 Å². The number of hydrogen-bond acceptors (Lipinski definition) is 4. The Morgan fingerprint density at radius 3 is 2.92 bits per heavy atom. The van der Waals surface area contributed by atoms with E-state index in [0.29, 0.717) is 46.8 Å². The predicted octanol–water partition coefficient (Wildman–Crippen LogP) is 4.14. The van der Waals surface area contributed by atoms with Crippen molar-refractivity contribution < 1.29 is 9.53 Å². The molecule has 1 N–H and O–H groups in total. The van der Waals surface area contributed by atoms with Crippen LogP contribution in [0.25, 0.3) is 5.65 Å². The number of fused-ring (bicyclic) bond motifs is 1. The first-order valence-electron chi connectivity index (χ1n) is 7.72. The highest BCUT2D eigenvalue weighted by Crippen LogP contribution is 2.27. The summed E-state index contributed by atoms with van der Waals surface area (Å²) in [5.74, 6) is 1.14. The molecule has 0 spiro atoms. The second kappa shape index (κ2) is 7.72. The molecule has 1 aromatic carbocycles. The van der Waals surface area contributed by atoms with E-state index in [1.54, 1.807) is 41.0 Å². The van der Waals surface area contributed by atoms with Gasteiger partial charge in [-0.3, -0.25) is 4.79 Å². The predicted molar refractivity (Wildman–Crippen MR) is 97.5 cm³/mol. The molecule has 2 heterocycles. The summed E-state index contributed by atoms with van der Waals surface area (Å²) in [5.41, 5.74) is 1.41. The highest BCUT2D eigenvalue weighted by molar-refractivity contribution is 6.35. The van der Waals surface area contributed by atoms with Crippen molar-refractivity contribution >= 4 is 40.4 Å². The fourth-order valence-electron chi connectivity index (χ4n) is 2.30. The number of nitrogens with zero attached hydrogens (tertiary/aromatic N) is 3.